The zero-order chi connectivity index (χ0) is 24.6. The van der Waals surface area contributed by atoms with Crippen LogP contribution < -0.4 is 10.0 Å². The predicted octanol–water partition coefficient (Wildman–Crippen LogP) is 4.01. The maximum absolute atomic E-state index is 13.1. The van der Waals surface area contributed by atoms with Gasteiger partial charge in [0.2, 0.25) is 10.0 Å². The third kappa shape index (κ3) is 4.56. The molecule has 0 saturated heterocycles. The van der Waals surface area contributed by atoms with Crippen LogP contribution in [-0.2, 0) is 10.0 Å². The van der Waals surface area contributed by atoms with Crippen molar-refractivity contribution in [2.45, 2.75) is 11.8 Å². The SMILES string of the molecule is CNS(=O)(=O)c1cccc(NC(=O)c2cc(-c3ccc4ncsc4c3)n(-c3cccc(C)n3)n2)c1. The van der Waals surface area contributed by atoms with Crippen LogP contribution in [-0.4, -0.2) is 41.1 Å². The largest absolute Gasteiger partial charge is 0.321 e. The number of anilines is 1. The fourth-order valence-corrected chi connectivity index (χ4v) is 5.08. The quantitative estimate of drug-likeness (QED) is 0.361. The number of sulfonamides is 1. The van der Waals surface area contributed by atoms with Gasteiger partial charge < -0.3 is 5.32 Å². The standard InChI is InChI=1S/C24H20N6O3S2/c1-15-5-3-8-23(27-15)30-21(16-9-10-19-22(11-16)34-14-26-19)13-20(29-30)24(31)28-17-6-4-7-18(12-17)35(32,33)25-2/h3-14,25H,1-2H3,(H,28,31). The van der Waals surface area contributed by atoms with E-state index in [4.69, 9.17) is 0 Å². The van der Waals surface area contributed by atoms with Crippen LogP contribution >= 0.6 is 11.3 Å². The van der Waals surface area contributed by atoms with E-state index in [1.807, 2.05) is 43.3 Å². The molecular formula is C24H20N6O3S2. The van der Waals surface area contributed by atoms with E-state index in [1.54, 1.807) is 28.4 Å². The first-order chi connectivity index (χ1) is 16.8. The highest BCUT2D eigenvalue weighted by Crippen LogP contribution is 2.29. The molecule has 3 heterocycles. The molecule has 0 aliphatic heterocycles. The number of aryl methyl sites for hydroxylation is 1. The van der Waals surface area contributed by atoms with Crippen molar-refractivity contribution in [2.24, 2.45) is 0 Å². The number of hydrogen-bond acceptors (Lipinski definition) is 7. The van der Waals surface area contributed by atoms with E-state index in [1.165, 1.54) is 30.5 Å². The maximum atomic E-state index is 13.1. The van der Waals surface area contributed by atoms with Gasteiger partial charge in [0.1, 0.15) is 0 Å². The second kappa shape index (κ2) is 9.02. The molecule has 1 amide bonds. The van der Waals surface area contributed by atoms with Crippen LogP contribution in [0.5, 0.6) is 0 Å². The Labute approximate surface area is 205 Å². The summed E-state index contributed by atoms with van der Waals surface area (Å²) in [5.41, 5.74) is 5.54. The first-order valence-corrected chi connectivity index (χ1v) is 12.9. The van der Waals surface area contributed by atoms with E-state index in [2.05, 4.69) is 25.1 Å². The number of benzene rings is 2. The summed E-state index contributed by atoms with van der Waals surface area (Å²) in [4.78, 5) is 22.1. The topological polar surface area (TPSA) is 119 Å². The first-order valence-electron chi connectivity index (χ1n) is 10.6. The number of amides is 1. The average molecular weight is 505 g/mol. The monoisotopic (exact) mass is 504 g/mol. The second-order valence-corrected chi connectivity index (χ2v) is 10.5. The lowest BCUT2D eigenvalue weighted by Gasteiger charge is -2.07. The highest BCUT2D eigenvalue weighted by Gasteiger charge is 2.19. The molecule has 11 heteroatoms. The van der Waals surface area contributed by atoms with Crippen molar-refractivity contribution in [1.29, 1.82) is 0 Å². The van der Waals surface area contributed by atoms with Crippen LogP contribution in [0.1, 0.15) is 16.2 Å². The Hall–Kier alpha value is -3.93. The van der Waals surface area contributed by atoms with E-state index in [0.717, 1.165) is 21.5 Å². The smallest absolute Gasteiger partial charge is 0.276 e. The van der Waals surface area contributed by atoms with Gasteiger partial charge in [0.25, 0.3) is 5.91 Å². The minimum absolute atomic E-state index is 0.0471. The third-order valence-electron chi connectivity index (χ3n) is 5.33. The van der Waals surface area contributed by atoms with Crippen LogP contribution in [0.2, 0.25) is 0 Å². The van der Waals surface area contributed by atoms with Crippen molar-refractivity contribution in [2.75, 3.05) is 12.4 Å². The molecule has 176 valence electrons. The number of nitrogens with one attached hydrogen (secondary N) is 2. The first kappa shape index (κ1) is 22.8. The minimum Gasteiger partial charge on any atom is -0.321 e. The van der Waals surface area contributed by atoms with Crippen molar-refractivity contribution in [3.8, 4) is 17.1 Å². The summed E-state index contributed by atoms with van der Waals surface area (Å²) in [7, 11) is -2.32. The summed E-state index contributed by atoms with van der Waals surface area (Å²) in [5.74, 6) is 0.0982. The van der Waals surface area contributed by atoms with Gasteiger partial charge in [-0.1, -0.05) is 18.2 Å². The van der Waals surface area contributed by atoms with E-state index in [0.29, 0.717) is 17.2 Å². The molecule has 0 aliphatic rings. The fraction of sp³-hybridized carbons (Fsp3) is 0.0833. The summed E-state index contributed by atoms with van der Waals surface area (Å²) >= 11 is 1.53. The van der Waals surface area contributed by atoms with E-state index in [9.17, 15) is 13.2 Å². The van der Waals surface area contributed by atoms with Gasteiger partial charge in [0.05, 0.1) is 26.3 Å². The second-order valence-electron chi connectivity index (χ2n) is 7.69. The lowest BCUT2D eigenvalue weighted by atomic mass is 10.1. The van der Waals surface area contributed by atoms with Gasteiger partial charge in [-0.3, -0.25) is 4.79 Å². The molecule has 2 aromatic carbocycles. The number of aromatic nitrogens is 4. The molecule has 0 fully saturated rings. The molecule has 0 aliphatic carbocycles. The van der Waals surface area contributed by atoms with Crippen molar-refractivity contribution in [3.05, 3.63) is 83.6 Å². The predicted molar refractivity (Wildman–Crippen MR) is 135 cm³/mol. The lowest BCUT2D eigenvalue weighted by molar-refractivity contribution is 0.102. The molecule has 0 saturated carbocycles. The number of carbonyl (C=O) groups excluding carboxylic acids is 1. The minimum atomic E-state index is -3.65. The third-order valence-corrected chi connectivity index (χ3v) is 7.53. The summed E-state index contributed by atoms with van der Waals surface area (Å²) in [6.45, 7) is 1.88. The van der Waals surface area contributed by atoms with Gasteiger partial charge in [0, 0.05) is 16.9 Å². The Bertz CT molecular complexity index is 1670. The van der Waals surface area contributed by atoms with Gasteiger partial charge >= 0.3 is 0 Å². The highest BCUT2D eigenvalue weighted by molar-refractivity contribution is 7.89. The van der Waals surface area contributed by atoms with Crippen LogP contribution in [0.3, 0.4) is 0 Å². The van der Waals surface area contributed by atoms with Gasteiger partial charge in [-0.25, -0.2) is 27.8 Å². The summed E-state index contributed by atoms with van der Waals surface area (Å²) in [6.07, 6.45) is 0. The van der Waals surface area contributed by atoms with Gasteiger partial charge in [0.15, 0.2) is 11.5 Å². The molecule has 35 heavy (non-hydrogen) atoms. The van der Waals surface area contributed by atoms with Gasteiger partial charge in [-0.2, -0.15) is 5.10 Å². The van der Waals surface area contributed by atoms with Gasteiger partial charge in [-0.05, 0) is 62.5 Å². The Morgan fingerprint density at radius 1 is 1.03 bits per heavy atom. The van der Waals surface area contributed by atoms with Crippen molar-refractivity contribution in [1.82, 2.24) is 24.5 Å². The van der Waals surface area contributed by atoms with Crippen LogP contribution in [0.25, 0.3) is 27.3 Å². The fourth-order valence-electron chi connectivity index (χ4n) is 3.59. The number of carbonyl (C=O) groups is 1. The molecule has 0 unspecified atom stereocenters. The zero-order valence-electron chi connectivity index (χ0n) is 18.8. The average Bonchev–Trinajstić information content (AvgIpc) is 3.51. The van der Waals surface area contributed by atoms with Crippen molar-refractivity contribution >= 4 is 43.2 Å². The lowest BCUT2D eigenvalue weighted by Crippen LogP contribution is -2.19. The number of hydrogen-bond donors (Lipinski definition) is 2. The molecule has 0 radical (unpaired) electrons. The van der Waals surface area contributed by atoms with E-state index < -0.39 is 15.9 Å². The molecule has 3 aromatic heterocycles. The summed E-state index contributed by atoms with van der Waals surface area (Å²) < 4.78 is 29.2. The molecule has 5 aromatic rings. The van der Waals surface area contributed by atoms with Crippen LogP contribution in [0.15, 0.2) is 77.1 Å². The molecule has 0 bridgehead atoms. The van der Waals surface area contributed by atoms with Crippen molar-refractivity contribution < 1.29 is 13.2 Å². The van der Waals surface area contributed by atoms with Crippen LogP contribution in [0, 0.1) is 6.92 Å². The zero-order valence-corrected chi connectivity index (χ0v) is 20.4. The molecular weight excluding hydrogens is 484 g/mol. The van der Waals surface area contributed by atoms with Crippen molar-refractivity contribution in [3.63, 3.8) is 0 Å². The molecule has 0 spiro atoms. The molecule has 9 nitrogen and oxygen atoms in total. The van der Waals surface area contributed by atoms with Crippen LogP contribution in [0.4, 0.5) is 5.69 Å². The maximum Gasteiger partial charge on any atom is 0.276 e. The van der Waals surface area contributed by atoms with E-state index in [-0.39, 0.29) is 10.6 Å². The Kier molecular flexibility index (Phi) is 5.89. The molecule has 2 N–H and O–H groups in total. The molecule has 5 rings (SSSR count). The van der Waals surface area contributed by atoms with Gasteiger partial charge in [-0.15, -0.1) is 11.3 Å². The van der Waals surface area contributed by atoms with E-state index >= 15 is 0 Å². The number of rotatable bonds is 6. The number of nitrogens with zero attached hydrogens (tertiary/aromatic N) is 4. The number of pyridine rings is 1. The number of thiazole rings is 1. The Balaban J connectivity index is 1.55. The Morgan fingerprint density at radius 2 is 1.86 bits per heavy atom. The highest BCUT2D eigenvalue weighted by atomic mass is 32.2. The molecule has 0 atom stereocenters. The number of fused-ring (bicyclic) bond motifs is 1. The normalized spacial score (nSPS) is 11.6. The summed E-state index contributed by atoms with van der Waals surface area (Å²) in [6, 6.07) is 19.2. The Morgan fingerprint density at radius 3 is 2.66 bits per heavy atom. The summed E-state index contributed by atoms with van der Waals surface area (Å²) in [5, 5.41) is 7.29.